The normalized spacial score (nSPS) is 22.5. The van der Waals surface area contributed by atoms with Crippen molar-refractivity contribution in [2.24, 2.45) is 0 Å². The molecule has 2 heterocycles. The fourth-order valence-corrected chi connectivity index (χ4v) is 3.26. The van der Waals surface area contributed by atoms with E-state index in [1.165, 1.54) is 29.1 Å². The largest absolute Gasteiger partial charge is 0.313 e. The van der Waals surface area contributed by atoms with Gasteiger partial charge >= 0.3 is 0 Å². The number of aryl methyl sites for hydroxylation is 1. The fraction of sp³-hybridized carbons (Fsp3) is 0.692. The van der Waals surface area contributed by atoms with Crippen molar-refractivity contribution in [1.29, 1.82) is 0 Å². The van der Waals surface area contributed by atoms with E-state index in [2.05, 4.69) is 36.6 Å². The summed E-state index contributed by atoms with van der Waals surface area (Å²) >= 11 is 1.92. The van der Waals surface area contributed by atoms with Gasteiger partial charge in [0.15, 0.2) is 0 Å². The number of thiophene rings is 1. The maximum Gasteiger partial charge on any atom is 0.0193 e. The molecule has 0 radical (unpaired) electrons. The Hall–Kier alpha value is -0.380. The Morgan fingerprint density at radius 2 is 2.44 bits per heavy atom. The van der Waals surface area contributed by atoms with Crippen molar-refractivity contribution in [1.82, 2.24) is 10.6 Å². The highest BCUT2D eigenvalue weighted by atomic mass is 32.1. The second-order valence-corrected chi connectivity index (χ2v) is 6.19. The highest BCUT2D eigenvalue weighted by Gasteiger charge is 2.14. The van der Waals surface area contributed by atoms with Crippen LogP contribution in [0.15, 0.2) is 12.1 Å². The van der Waals surface area contributed by atoms with Crippen molar-refractivity contribution in [3.8, 4) is 0 Å². The first-order valence-corrected chi connectivity index (χ1v) is 7.08. The van der Waals surface area contributed by atoms with Gasteiger partial charge < -0.3 is 10.6 Å². The van der Waals surface area contributed by atoms with E-state index in [0.717, 1.165) is 13.0 Å². The molecule has 2 unspecified atom stereocenters. The van der Waals surface area contributed by atoms with E-state index >= 15 is 0 Å². The average Bonchev–Trinajstić information content (AvgIpc) is 2.87. The molecule has 1 saturated heterocycles. The first kappa shape index (κ1) is 12.1. The molecule has 16 heavy (non-hydrogen) atoms. The molecule has 2 atom stereocenters. The molecule has 1 aromatic rings. The monoisotopic (exact) mass is 238 g/mol. The zero-order chi connectivity index (χ0) is 11.4. The zero-order valence-electron chi connectivity index (χ0n) is 10.3. The fourth-order valence-electron chi connectivity index (χ4n) is 2.24. The average molecular weight is 238 g/mol. The molecular formula is C13H22N2S. The van der Waals surface area contributed by atoms with Crippen molar-refractivity contribution in [3.63, 3.8) is 0 Å². The van der Waals surface area contributed by atoms with Gasteiger partial charge in [-0.05, 0) is 51.8 Å². The van der Waals surface area contributed by atoms with Crippen molar-refractivity contribution < 1.29 is 0 Å². The molecule has 0 amide bonds. The summed E-state index contributed by atoms with van der Waals surface area (Å²) in [5.74, 6) is 0. The number of hydrogen-bond acceptors (Lipinski definition) is 3. The Morgan fingerprint density at radius 1 is 1.56 bits per heavy atom. The van der Waals surface area contributed by atoms with Gasteiger partial charge in [-0.3, -0.25) is 0 Å². The molecule has 1 aromatic heterocycles. The Balaban J connectivity index is 1.69. The second-order valence-electron chi connectivity index (χ2n) is 4.82. The molecule has 2 N–H and O–H groups in total. The second kappa shape index (κ2) is 5.80. The number of rotatable bonds is 5. The van der Waals surface area contributed by atoms with Crippen LogP contribution in [0.3, 0.4) is 0 Å². The van der Waals surface area contributed by atoms with E-state index in [9.17, 15) is 0 Å². The maximum absolute atomic E-state index is 3.63. The van der Waals surface area contributed by atoms with E-state index in [-0.39, 0.29) is 0 Å². The SMILES string of the molecule is Cc1ccc(CC(C)NCC2CCCN2)s1. The standard InChI is InChI=1S/C13H22N2S/c1-10(8-13-6-5-11(2)16-13)15-9-12-4-3-7-14-12/h5-6,10,12,14-15H,3-4,7-9H2,1-2H3. The summed E-state index contributed by atoms with van der Waals surface area (Å²) in [6, 6.07) is 5.75. The smallest absolute Gasteiger partial charge is 0.0193 e. The summed E-state index contributed by atoms with van der Waals surface area (Å²) in [6.45, 7) is 6.77. The summed E-state index contributed by atoms with van der Waals surface area (Å²) < 4.78 is 0. The van der Waals surface area contributed by atoms with E-state index in [4.69, 9.17) is 0 Å². The van der Waals surface area contributed by atoms with Crippen molar-refractivity contribution in [3.05, 3.63) is 21.9 Å². The third-order valence-electron chi connectivity index (χ3n) is 3.18. The van der Waals surface area contributed by atoms with Crippen LogP contribution in [-0.4, -0.2) is 25.2 Å². The lowest BCUT2D eigenvalue weighted by molar-refractivity contribution is 0.479. The van der Waals surface area contributed by atoms with Gasteiger partial charge in [-0.15, -0.1) is 11.3 Å². The molecule has 0 aliphatic carbocycles. The van der Waals surface area contributed by atoms with Gasteiger partial charge in [0.05, 0.1) is 0 Å². The van der Waals surface area contributed by atoms with Crippen molar-refractivity contribution in [2.45, 2.75) is 45.2 Å². The molecule has 2 rings (SSSR count). The summed E-state index contributed by atoms with van der Waals surface area (Å²) in [4.78, 5) is 2.91. The number of nitrogens with one attached hydrogen (secondary N) is 2. The maximum atomic E-state index is 3.63. The molecule has 90 valence electrons. The Morgan fingerprint density at radius 3 is 3.06 bits per heavy atom. The van der Waals surface area contributed by atoms with Crippen LogP contribution in [0.4, 0.5) is 0 Å². The first-order valence-electron chi connectivity index (χ1n) is 6.26. The predicted octanol–water partition coefficient (Wildman–Crippen LogP) is 2.33. The molecule has 0 bridgehead atoms. The van der Waals surface area contributed by atoms with E-state index in [1.807, 2.05) is 11.3 Å². The highest BCUT2D eigenvalue weighted by Crippen LogP contribution is 2.16. The van der Waals surface area contributed by atoms with Gasteiger partial charge in [-0.25, -0.2) is 0 Å². The molecule has 0 spiro atoms. The van der Waals surface area contributed by atoms with Crippen LogP contribution < -0.4 is 10.6 Å². The van der Waals surface area contributed by atoms with Gasteiger partial charge in [-0.2, -0.15) is 0 Å². The quantitative estimate of drug-likeness (QED) is 0.823. The van der Waals surface area contributed by atoms with Gasteiger partial charge in [-0.1, -0.05) is 0 Å². The topological polar surface area (TPSA) is 24.1 Å². The minimum atomic E-state index is 0.584. The number of hydrogen-bond donors (Lipinski definition) is 2. The van der Waals surface area contributed by atoms with Crippen LogP contribution in [0.25, 0.3) is 0 Å². The van der Waals surface area contributed by atoms with Crippen LogP contribution >= 0.6 is 11.3 Å². The molecule has 1 fully saturated rings. The van der Waals surface area contributed by atoms with Crippen LogP contribution in [-0.2, 0) is 6.42 Å². The third kappa shape index (κ3) is 3.58. The van der Waals surface area contributed by atoms with E-state index < -0.39 is 0 Å². The highest BCUT2D eigenvalue weighted by molar-refractivity contribution is 7.11. The summed E-state index contributed by atoms with van der Waals surface area (Å²) in [6.07, 6.45) is 3.83. The molecule has 2 nitrogen and oxygen atoms in total. The lowest BCUT2D eigenvalue weighted by atomic mass is 10.2. The molecule has 0 saturated carbocycles. The van der Waals surface area contributed by atoms with Crippen molar-refractivity contribution in [2.75, 3.05) is 13.1 Å². The third-order valence-corrected chi connectivity index (χ3v) is 4.20. The zero-order valence-corrected chi connectivity index (χ0v) is 11.1. The van der Waals surface area contributed by atoms with Crippen LogP contribution in [0.2, 0.25) is 0 Å². The predicted molar refractivity (Wildman–Crippen MR) is 71.2 cm³/mol. The lowest BCUT2D eigenvalue weighted by Crippen LogP contribution is -2.39. The van der Waals surface area contributed by atoms with E-state index in [1.54, 1.807) is 0 Å². The van der Waals surface area contributed by atoms with Crippen LogP contribution in [0.1, 0.15) is 29.5 Å². The summed E-state index contributed by atoms with van der Waals surface area (Å²) in [7, 11) is 0. The Bertz CT molecular complexity index is 315. The molecule has 0 aromatic carbocycles. The first-order chi connectivity index (χ1) is 7.74. The molecule has 1 aliphatic heterocycles. The lowest BCUT2D eigenvalue weighted by Gasteiger charge is -2.16. The van der Waals surface area contributed by atoms with Crippen LogP contribution in [0.5, 0.6) is 0 Å². The molecular weight excluding hydrogens is 216 g/mol. The van der Waals surface area contributed by atoms with Crippen molar-refractivity contribution >= 4 is 11.3 Å². The summed E-state index contributed by atoms with van der Waals surface area (Å²) in [5, 5.41) is 7.15. The molecule has 1 aliphatic rings. The Kier molecular flexibility index (Phi) is 4.38. The minimum Gasteiger partial charge on any atom is -0.313 e. The van der Waals surface area contributed by atoms with Crippen LogP contribution in [0, 0.1) is 6.92 Å². The van der Waals surface area contributed by atoms with Gasteiger partial charge in [0.2, 0.25) is 0 Å². The van der Waals surface area contributed by atoms with E-state index in [0.29, 0.717) is 12.1 Å². The minimum absolute atomic E-state index is 0.584. The molecule has 3 heteroatoms. The Labute approximate surface area is 102 Å². The van der Waals surface area contributed by atoms with Gasteiger partial charge in [0, 0.05) is 28.4 Å². The van der Waals surface area contributed by atoms with Gasteiger partial charge in [0.1, 0.15) is 0 Å². The van der Waals surface area contributed by atoms with Gasteiger partial charge in [0.25, 0.3) is 0 Å². The summed E-state index contributed by atoms with van der Waals surface area (Å²) in [5.41, 5.74) is 0.